The summed E-state index contributed by atoms with van der Waals surface area (Å²) in [5, 5.41) is 25.5. The van der Waals surface area contributed by atoms with Gasteiger partial charge in [0.2, 0.25) is 17.7 Å². The molecule has 0 radical (unpaired) electrons. The summed E-state index contributed by atoms with van der Waals surface area (Å²) in [6.07, 6.45) is 3.18. The zero-order valence-electron chi connectivity index (χ0n) is 17.6. The van der Waals surface area contributed by atoms with E-state index < -0.39 is 11.4 Å². The molecule has 0 bridgehead atoms. The van der Waals surface area contributed by atoms with Crippen LogP contribution in [0.5, 0.6) is 0 Å². The molecule has 1 aromatic carbocycles. The predicted octanol–water partition coefficient (Wildman–Crippen LogP) is 3.03. The van der Waals surface area contributed by atoms with Crippen molar-refractivity contribution < 1.29 is 13.6 Å². The van der Waals surface area contributed by atoms with E-state index in [1.54, 1.807) is 18.3 Å². The number of hydrogen-bond donors (Lipinski definition) is 1. The number of aromatic nitrogens is 3. The maximum Gasteiger partial charge on any atom is 0.230 e. The zero-order valence-corrected chi connectivity index (χ0v) is 18.4. The first-order valence-electron chi connectivity index (χ1n) is 9.81. The lowest BCUT2D eigenvalue weighted by atomic mass is 10.1. The van der Waals surface area contributed by atoms with Crippen LogP contribution < -0.4 is 5.32 Å². The Labute approximate surface area is 187 Å². The van der Waals surface area contributed by atoms with E-state index in [2.05, 4.69) is 38.4 Å². The lowest BCUT2D eigenvalue weighted by Crippen LogP contribution is -2.36. The van der Waals surface area contributed by atoms with Crippen molar-refractivity contribution in [1.82, 2.24) is 25.5 Å². The van der Waals surface area contributed by atoms with Gasteiger partial charge in [-0.25, -0.2) is 9.37 Å². The van der Waals surface area contributed by atoms with Gasteiger partial charge in [-0.05, 0) is 43.0 Å². The molecule has 9 nitrogen and oxygen atoms in total. The molecule has 0 saturated heterocycles. The van der Waals surface area contributed by atoms with Gasteiger partial charge in [-0.15, -0.1) is 21.5 Å². The molecule has 164 valence electrons. The van der Waals surface area contributed by atoms with E-state index in [4.69, 9.17) is 9.68 Å². The molecular formula is C21H20FN7O2S. The van der Waals surface area contributed by atoms with Gasteiger partial charge < -0.3 is 9.73 Å². The SMILES string of the molecule is C=NN(C)/C=C(\C)c1cc(F)c2nc(Cc3nnc(CC(=O)NC4(C#N)CC4)o3)sc2c1. The second-order valence-electron chi connectivity index (χ2n) is 7.62. The van der Waals surface area contributed by atoms with E-state index >= 15 is 0 Å². The van der Waals surface area contributed by atoms with Crippen LogP contribution >= 0.6 is 11.3 Å². The normalized spacial score (nSPS) is 14.8. The number of thiazole rings is 1. The number of halogens is 1. The van der Waals surface area contributed by atoms with E-state index in [9.17, 15) is 9.18 Å². The van der Waals surface area contributed by atoms with Gasteiger partial charge >= 0.3 is 0 Å². The second-order valence-corrected chi connectivity index (χ2v) is 8.74. The Morgan fingerprint density at radius 2 is 2.22 bits per heavy atom. The average Bonchev–Trinajstić information content (AvgIpc) is 3.18. The number of nitrogens with zero attached hydrogens (tertiary/aromatic N) is 6. The van der Waals surface area contributed by atoms with Crippen molar-refractivity contribution in [3.8, 4) is 6.07 Å². The summed E-state index contributed by atoms with van der Waals surface area (Å²) in [6.45, 7) is 5.32. The summed E-state index contributed by atoms with van der Waals surface area (Å²) >= 11 is 1.33. The van der Waals surface area contributed by atoms with Gasteiger partial charge in [-0.2, -0.15) is 10.4 Å². The first kappa shape index (κ1) is 21.6. The Morgan fingerprint density at radius 1 is 1.47 bits per heavy atom. The maximum atomic E-state index is 14.6. The van der Waals surface area contributed by atoms with Crippen LogP contribution in [0.2, 0.25) is 0 Å². The minimum Gasteiger partial charge on any atom is -0.424 e. The van der Waals surface area contributed by atoms with Gasteiger partial charge in [0.1, 0.15) is 22.5 Å². The van der Waals surface area contributed by atoms with Gasteiger partial charge in [-0.1, -0.05) is 0 Å². The molecular weight excluding hydrogens is 433 g/mol. The molecule has 11 heteroatoms. The van der Waals surface area contributed by atoms with Crippen molar-refractivity contribution in [3.63, 3.8) is 0 Å². The first-order valence-corrected chi connectivity index (χ1v) is 10.6. The monoisotopic (exact) mass is 453 g/mol. The Hall–Kier alpha value is -3.65. The fraction of sp³-hybridized carbons (Fsp3) is 0.333. The van der Waals surface area contributed by atoms with Crippen LogP contribution in [-0.4, -0.2) is 45.4 Å². The number of amides is 1. The quantitative estimate of drug-likeness (QED) is 0.411. The fourth-order valence-corrected chi connectivity index (χ4v) is 4.14. The Bertz CT molecular complexity index is 1270. The highest BCUT2D eigenvalue weighted by Gasteiger charge is 2.44. The van der Waals surface area contributed by atoms with Gasteiger partial charge in [-0.3, -0.25) is 9.80 Å². The van der Waals surface area contributed by atoms with Crippen LogP contribution in [0.4, 0.5) is 4.39 Å². The molecule has 0 aliphatic heterocycles. The minimum absolute atomic E-state index is 0.103. The topological polar surface area (TPSA) is 120 Å². The number of benzene rings is 1. The summed E-state index contributed by atoms with van der Waals surface area (Å²) in [6, 6.07) is 5.40. The highest BCUT2D eigenvalue weighted by molar-refractivity contribution is 7.18. The molecule has 2 heterocycles. The maximum absolute atomic E-state index is 14.6. The standard InChI is InChI=1S/C21H20FN7O2S/c1-12(10-29(3)24-2)13-6-14(22)20-15(7-13)32-19(25-20)9-18-28-27-17(31-18)8-16(30)26-21(11-23)4-5-21/h6-7,10H,2,4-5,8-9H2,1,3H3,(H,26,30)/b12-10+. The van der Waals surface area contributed by atoms with Crippen molar-refractivity contribution in [2.75, 3.05) is 7.05 Å². The first-order chi connectivity index (χ1) is 15.3. The molecule has 0 unspecified atom stereocenters. The lowest BCUT2D eigenvalue weighted by molar-refractivity contribution is -0.121. The Morgan fingerprint density at radius 3 is 2.91 bits per heavy atom. The highest BCUT2D eigenvalue weighted by atomic mass is 32.1. The predicted molar refractivity (Wildman–Crippen MR) is 117 cm³/mol. The summed E-state index contributed by atoms with van der Waals surface area (Å²) in [4.78, 5) is 16.4. The largest absolute Gasteiger partial charge is 0.424 e. The molecule has 32 heavy (non-hydrogen) atoms. The smallest absolute Gasteiger partial charge is 0.230 e. The zero-order chi connectivity index (χ0) is 22.9. The molecule has 1 aliphatic carbocycles. The van der Waals surface area contributed by atoms with Crippen molar-refractivity contribution in [3.05, 3.63) is 46.5 Å². The van der Waals surface area contributed by atoms with E-state index in [0.29, 0.717) is 22.5 Å². The van der Waals surface area contributed by atoms with Gasteiger partial charge in [0.05, 0.1) is 17.2 Å². The van der Waals surface area contributed by atoms with E-state index in [1.165, 1.54) is 17.4 Å². The number of nitriles is 1. The molecule has 1 saturated carbocycles. The van der Waals surface area contributed by atoms with Gasteiger partial charge in [0.15, 0.2) is 5.82 Å². The van der Waals surface area contributed by atoms with Crippen molar-refractivity contribution in [2.24, 2.45) is 5.10 Å². The van der Waals surface area contributed by atoms with Crippen LogP contribution in [0.3, 0.4) is 0 Å². The summed E-state index contributed by atoms with van der Waals surface area (Å²) in [5.41, 5.74) is 1.09. The van der Waals surface area contributed by atoms with Crippen LogP contribution in [0.15, 0.2) is 27.9 Å². The number of fused-ring (bicyclic) bond motifs is 1. The van der Waals surface area contributed by atoms with E-state index in [1.807, 2.05) is 13.0 Å². The van der Waals surface area contributed by atoms with E-state index in [0.717, 1.165) is 11.1 Å². The van der Waals surface area contributed by atoms with Crippen molar-refractivity contribution >= 4 is 39.8 Å². The summed E-state index contributed by atoms with van der Waals surface area (Å²) in [5.74, 6) is -0.323. The highest BCUT2D eigenvalue weighted by Crippen LogP contribution is 2.34. The Balaban J connectivity index is 1.47. The molecule has 1 aliphatic rings. The number of hydrazone groups is 1. The molecule has 2 aromatic heterocycles. The van der Waals surface area contributed by atoms with Crippen LogP contribution in [0.1, 0.15) is 42.1 Å². The summed E-state index contributed by atoms with van der Waals surface area (Å²) in [7, 11) is 1.74. The second kappa shape index (κ2) is 8.47. The summed E-state index contributed by atoms with van der Waals surface area (Å²) < 4.78 is 20.9. The molecule has 1 N–H and O–H groups in total. The molecule has 1 fully saturated rings. The van der Waals surface area contributed by atoms with Gasteiger partial charge in [0.25, 0.3) is 0 Å². The Kier molecular flexibility index (Phi) is 5.71. The third kappa shape index (κ3) is 4.65. The van der Waals surface area contributed by atoms with Crippen LogP contribution in [0.25, 0.3) is 15.8 Å². The van der Waals surface area contributed by atoms with Crippen molar-refractivity contribution in [1.29, 1.82) is 5.26 Å². The minimum atomic E-state index is -0.741. The average molecular weight is 454 g/mol. The number of rotatable bonds is 8. The molecule has 0 atom stereocenters. The van der Waals surface area contributed by atoms with Crippen LogP contribution in [0, 0.1) is 17.1 Å². The van der Waals surface area contributed by atoms with Crippen LogP contribution in [-0.2, 0) is 17.6 Å². The number of hydrogen-bond acceptors (Lipinski definition) is 9. The lowest BCUT2D eigenvalue weighted by Gasteiger charge is -2.08. The van der Waals surface area contributed by atoms with E-state index in [-0.39, 0.29) is 36.0 Å². The van der Waals surface area contributed by atoms with Crippen molar-refractivity contribution in [2.45, 2.75) is 38.1 Å². The fourth-order valence-electron chi connectivity index (χ4n) is 3.13. The van der Waals surface area contributed by atoms with Gasteiger partial charge in [0, 0.05) is 20.0 Å². The number of allylic oxidation sites excluding steroid dienone is 1. The molecule has 0 spiro atoms. The number of carbonyl (C=O) groups is 1. The third-order valence-electron chi connectivity index (χ3n) is 5.02. The third-order valence-corrected chi connectivity index (χ3v) is 6.02. The number of nitrogens with one attached hydrogen (secondary N) is 1. The number of carbonyl (C=O) groups excluding carboxylic acids is 1. The molecule has 1 amide bonds. The molecule has 3 aromatic rings. The molecule has 4 rings (SSSR count).